The van der Waals surface area contributed by atoms with Gasteiger partial charge in [0.05, 0.1) is 13.7 Å². The van der Waals surface area contributed by atoms with Crippen molar-refractivity contribution < 1.29 is 9.84 Å². The Bertz CT molecular complexity index is 718. The van der Waals surface area contributed by atoms with Crippen molar-refractivity contribution in [2.45, 2.75) is 13.0 Å². The van der Waals surface area contributed by atoms with E-state index in [1.807, 2.05) is 40.2 Å². The number of benzene rings is 1. The van der Waals surface area contributed by atoms with Crippen LogP contribution in [0.25, 0.3) is 4.96 Å². The number of ether oxygens (including phenoxy) is 1. The summed E-state index contributed by atoms with van der Waals surface area (Å²) < 4.78 is 7.37. The molecule has 0 aliphatic heterocycles. The molecule has 0 aliphatic carbocycles. The van der Waals surface area contributed by atoms with E-state index in [0.29, 0.717) is 18.8 Å². The van der Waals surface area contributed by atoms with E-state index < -0.39 is 0 Å². The van der Waals surface area contributed by atoms with E-state index in [1.54, 1.807) is 18.4 Å². The van der Waals surface area contributed by atoms with E-state index in [0.717, 1.165) is 21.9 Å². The van der Waals surface area contributed by atoms with E-state index >= 15 is 0 Å². The fourth-order valence-electron chi connectivity index (χ4n) is 2.24. The molecular formula is C15H17N3O2S. The summed E-state index contributed by atoms with van der Waals surface area (Å²) in [6, 6.07) is 8.07. The van der Waals surface area contributed by atoms with Crippen LogP contribution in [0.3, 0.4) is 0 Å². The number of anilines is 1. The van der Waals surface area contributed by atoms with Crippen LogP contribution in [0.4, 0.5) is 5.69 Å². The van der Waals surface area contributed by atoms with Gasteiger partial charge in [0.25, 0.3) is 0 Å². The number of hydrogen-bond donors (Lipinski definition) is 2. The number of nitrogens with one attached hydrogen (secondary N) is 1. The van der Waals surface area contributed by atoms with Crippen LogP contribution in [0.1, 0.15) is 11.3 Å². The molecule has 6 heteroatoms. The van der Waals surface area contributed by atoms with E-state index in [2.05, 4.69) is 10.3 Å². The minimum atomic E-state index is 0.177. The first-order valence-electron chi connectivity index (χ1n) is 6.74. The number of aromatic nitrogens is 2. The standard InChI is InChI=1S/C15H17N3O2S/c1-20-14-13(18-7-9-21-15(18)17-14)10-16-12-4-2-11(3-5-12)6-8-19/h2-5,7,9,16,19H,6,8,10H2,1H3. The molecule has 2 heterocycles. The van der Waals surface area contributed by atoms with Gasteiger partial charge < -0.3 is 15.2 Å². The fourth-order valence-corrected chi connectivity index (χ4v) is 2.97. The Hall–Kier alpha value is -2.05. The van der Waals surface area contributed by atoms with Gasteiger partial charge in [-0.3, -0.25) is 4.40 Å². The summed E-state index contributed by atoms with van der Waals surface area (Å²) in [5.41, 5.74) is 3.17. The van der Waals surface area contributed by atoms with Crippen molar-refractivity contribution in [3.8, 4) is 5.88 Å². The Morgan fingerprint density at radius 1 is 1.33 bits per heavy atom. The number of hydrogen-bond acceptors (Lipinski definition) is 5. The Kier molecular flexibility index (Phi) is 4.08. The maximum atomic E-state index is 8.92. The average Bonchev–Trinajstić information content (AvgIpc) is 3.07. The largest absolute Gasteiger partial charge is 0.480 e. The molecule has 5 nitrogen and oxygen atoms in total. The second kappa shape index (κ2) is 6.15. The Labute approximate surface area is 126 Å². The molecule has 0 fully saturated rings. The molecule has 21 heavy (non-hydrogen) atoms. The molecule has 0 spiro atoms. The van der Waals surface area contributed by atoms with E-state index in [1.165, 1.54) is 0 Å². The van der Waals surface area contributed by atoms with Crippen LogP contribution >= 0.6 is 11.3 Å². The lowest BCUT2D eigenvalue weighted by molar-refractivity contribution is 0.299. The zero-order valence-electron chi connectivity index (χ0n) is 11.7. The van der Waals surface area contributed by atoms with E-state index in [4.69, 9.17) is 9.84 Å². The first-order valence-corrected chi connectivity index (χ1v) is 7.62. The number of methoxy groups -OCH3 is 1. The van der Waals surface area contributed by atoms with Gasteiger partial charge in [0.15, 0.2) is 4.96 Å². The van der Waals surface area contributed by atoms with Crippen LogP contribution in [-0.4, -0.2) is 28.2 Å². The van der Waals surface area contributed by atoms with E-state index in [9.17, 15) is 0 Å². The topological polar surface area (TPSA) is 58.8 Å². The van der Waals surface area contributed by atoms with Gasteiger partial charge in [-0.2, -0.15) is 4.98 Å². The van der Waals surface area contributed by atoms with Crippen LogP contribution in [-0.2, 0) is 13.0 Å². The highest BCUT2D eigenvalue weighted by molar-refractivity contribution is 7.15. The number of nitrogens with zero attached hydrogens (tertiary/aromatic N) is 2. The number of aliphatic hydroxyl groups is 1. The number of thiazole rings is 1. The van der Waals surface area contributed by atoms with Crippen LogP contribution in [0, 0.1) is 0 Å². The van der Waals surface area contributed by atoms with Crippen molar-refractivity contribution in [3.05, 3.63) is 47.1 Å². The second-order valence-electron chi connectivity index (χ2n) is 4.65. The van der Waals surface area contributed by atoms with Crippen molar-refractivity contribution in [1.82, 2.24) is 9.38 Å². The molecule has 3 rings (SSSR count). The number of rotatable bonds is 6. The quantitative estimate of drug-likeness (QED) is 0.735. The molecule has 0 aliphatic rings. The van der Waals surface area contributed by atoms with Gasteiger partial charge in [0.2, 0.25) is 5.88 Å². The highest BCUT2D eigenvalue weighted by atomic mass is 32.1. The summed E-state index contributed by atoms with van der Waals surface area (Å²) in [6.45, 7) is 0.816. The summed E-state index contributed by atoms with van der Waals surface area (Å²) in [6.07, 6.45) is 2.68. The first-order chi connectivity index (χ1) is 10.3. The van der Waals surface area contributed by atoms with Gasteiger partial charge >= 0.3 is 0 Å². The zero-order valence-corrected chi connectivity index (χ0v) is 12.6. The van der Waals surface area contributed by atoms with Crippen LogP contribution in [0.5, 0.6) is 5.88 Å². The summed E-state index contributed by atoms with van der Waals surface area (Å²) in [7, 11) is 1.64. The molecule has 0 bridgehead atoms. The molecule has 2 N–H and O–H groups in total. The van der Waals surface area contributed by atoms with Crippen LogP contribution in [0.2, 0.25) is 0 Å². The summed E-state index contributed by atoms with van der Waals surface area (Å²) in [5.74, 6) is 0.659. The van der Waals surface area contributed by atoms with Gasteiger partial charge in [0.1, 0.15) is 5.69 Å². The number of aliphatic hydroxyl groups excluding tert-OH is 1. The minimum absolute atomic E-state index is 0.177. The van der Waals surface area contributed by atoms with Crippen LogP contribution < -0.4 is 10.1 Å². The maximum Gasteiger partial charge on any atom is 0.238 e. The molecule has 1 aromatic carbocycles. The summed E-state index contributed by atoms with van der Waals surface area (Å²) >= 11 is 1.59. The third-order valence-corrected chi connectivity index (χ3v) is 4.09. The molecular weight excluding hydrogens is 286 g/mol. The lowest BCUT2D eigenvalue weighted by atomic mass is 10.1. The van der Waals surface area contributed by atoms with Gasteiger partial charge in [-0.1, -0.05) is 12.1 Å². The Morgan fingerprint density at radius 3 is 2.86 bits per heavy atom. The average molecular weight is 303 g/mol. The number of imidazole rings is 1. The van der Waals surface area contributed by atoms with Gasteiger partial charge in [-0.15, -0.1) is 11.3 Å². The molecule has 0 unspecified atom stereocenters. The second-order valence-corrected chi connectivity index (χ2v) is 5.52. The summed E-state index contributed by atoms with van der Waals surface area (Å²) in [4.78, 5) is 5.37. The van der Waals surface area contributed by atoms with Gasteiger partial charge in [-0.25, -0.2) is 0 Å². The monoisotopic (exact) mass is 303 g/mol. The Morgan fingerprint density at radius 2 is 2.14 bits per heavy atom. The predicted octanol–water partition coefficient (Wildman–Crippen LogP) is 2.55. The third kappa shape index (κ3) is 2.86. The molecule has 110 valence electrons. The molecule has 0 saturated carbocycles. The van der Waals surface area contributed by atoms with Crippen molar-refractivity contribution in [2.24, 2.45) is 0 Å². The zero-order chi connectivity index (χ0) is 14.7. The van der Waals surface area contributed by atoms with E-state index in [-0.39, 0.29) is 6.61 Å². The van der Waals surface area contributed by atoms with Gasteiger partial charge in [0, 0.05) is 23.9 Å². The smallest absolute Gasteiger partial charge is 0.238 e. The van der Waals surface area contributed by atoms with Crippen molar-refractivity contribution in [3.63, 3.8) is 0 Å². The number of fused-ring (bicyclic) bond motifs is 1. The molecule has 0 amide bonds. The fraction of sp³-hybridized carbons (Fsp3) is 0.267. The first kappa shape index (κ1) is 13.9. The molecule has 0 saturated heterocycles. The van der Waals surface area contributed by atoms with Crippen LogP contribution in [0.15, 0.2) is 35.8 Å². The SMILES string of the molecule is COc1nc2sccn2c1CNc1ccc(CCO)cc1. The minimum Gasteiger partial charge on any atom is -0.480 e. The molecule has 3 aromatic rings. The maximum absolute atomic E-state index is 8.92. The normalized spacial score (nSPS) is 11.0. The third-order valence-electron chi connectivity index (χ3n) is 3.33. The molecule has 0 radical (unpaired) electrons. The van der Waals surface area contributed by atoms with Gasteiger partial charge in [-0.05, 0) is 24.1 Å². The predicted molar refractivity (Wildman–Crippen MR) is 84.2 cm³/mol. The van der Waals surface area contributed by atoms with Crippen molar-refractivity contribution in [1.29, 1.82) is 0 Å². The highest BCUT2D eigenvalue weighted by Crippen LogP contribution is 2.24. The lowest BCUT2D eigenvalue weighted by Gasteiger charge is -2.08. The van der Waals surface area contributed by atoms with Crippen molar-refractivity contribution in [2.75, 3.05) is 19.0 Å². The highest BCUT2D eigenvalue weighted by Gasteiger charge is 2.13. The summed E-state index contributed by atoms with van der Waals surface area (Å²) in [5, 5.41) is 14.3. The van der Waals surface area contributed by atoms with Crippen molar-refractivity contribution >= 4 is 22.0 Å². The molecule has 0 atom stereocenters. The lowest BCUT2D eigenvalue weighted by Crippen LogP contribution is -2.04. The Balaban J connectivity index is 1.74. The molecule has 2 aromatic heterocycles.